The lowest BCUT2D eigenvalue weighted by molar-refractivity contribution is 0.148. The van der Waals surface area contributed by atoms with Gasteiger partial charge in [0, 0.05) is 38.3 Å². The molecule has 0 saturated carbocycles. The molecule has 2 aromatic heterocycles. The molecule has 5 nitrogen and oxygen atoms in total. The van der Waals surface area contributed by atoms with Crippen LogP contribution in [0.3, 0.4) is 0 Å². The number of aromatic nitrogens is 2. The summed E-state index contributed by atoms with van der Waals surface area (Å²) >= 11 is 0. The van der Waals surface area contributed by atoms with Crippen molar-refractivity contribution in [1.29, 1.82) is 0 Å². The van der Waals surface area contributed by atoms with Gasteiger partial charge in [0.25, 0.3) is 0 Å². The normalized spacial score (nSPS) is 15.3. The maximum atomic E-state index is 15.3. The lowest BCUT2D eigenvalue weighted by atomic mass is 10.0. The van der Waals surface area contributed by atoms with Gasteiger partial charge in [0.05, 0.1) is 12.5 Å². The fraction of sp³-hybridized carbons (Fsp3) is 0.240. The van der Waals surface area contributed by atoms with E-state index < -0.39 is 5.82 Å². The zero-order valence-corrected chi connectivity index (χ0v) is 17.8. The topological polar surface area (TPSA) is 37.4 Å². The van der Waals surface area contributed by atoms with Gasteiger partial charge < -0.3 is 9.32 Å². The van der Waals surface area contributed by atoms with E-state index in [-0.39, 0.29) is 5.82 Å². The monoisotopic (exact) mass is 434 g/mol. The van der Waals surface area contributed by atoms with Crippen LogP contribution in [0.15, 0.2) is 71.5 Å². The highest BCUT2D eigenvalue weighted by Gasteiger charge is 2.22. The second-order valence-corrected chi connectivity index (χ2v) is 8.16. The molecule has 1 saturated heterocycles. The largest absolute Gasteiger partial charge is 0.463 e. The first-order valence-electron chi connectivity index (χ1n) is 10.7. The molecule has 0 spiro atoms. The highest BCUT2D eigenvalue weighted by atomic mass is 19.1. The van der Waals surface area contributed by atoms with Crippen LogP contribution < -0.4 is 0 Å². The van der Waals surface area contributed by atoms with Crippen molar-refractivity contribution in [2.45, 2.75) is 6.54 Å². The summed E-state index contributed by atoms with van der Waals surface area (Å²) in [6, 6.07) is 14.7. The van der Waals surface area contributed by atoms with Gasteiger partial charge in [0.2, 0.25) is 0 Å². The molecule has 1 fully saturated rings. The molecule has 0 atom stereocenters. The van der Waals surface area contributed by atoms with Gasteiger partial charge in [0.15, 0.2) is 5.76 Å². The third-order valence-corrected chi connectivity index (χ3v) is 5.94. The smallest absolute Gasteiger partial charge is 0.152 e. The molecule has 32 heavy (non-hydrogen) atoms. The summed E-state index contributed by atoms with van der Waals surface area (Å²) < 4.78 is 35.8. The molecule has 0 aliphatic carbocycles. The van der Waals surface area contributed by atoms with Crippen molar-refractivity contribution in [1.82, 2.24) is 19.6 Å². The van der Waals surface area contributed by atoms with Crippen LogP contribution in [0.25, 0.3) is 28.3 Å². The quantitative estimate of drug-likeness (QED) is 0.451. The number of hydrogen-bond acceptors (Lipinski definition) is 4. The number of likely N-dealkylation sites (N-methyl/N-ethyl adjacent to an activating group) is 1. The molecule has 0 radical (unpaired) electrons. The standard InChI is InChI=1S/C25H24F2N4O/c1-29-10-12-30(13-11-29)17-20-16-28-31(25(20)24-3-2-14-32-24)23-9-6-19(15-22(23)27)18-4-7-21(26)8-5-18/h2-9,14-16H,10-13,17H2,1H3. The summed E-state index contributed by atoms with van der Waals surface area (Å²) in [7, 11) is 2.13. The van der Waals surface area contributed by atoms with E-state index in [4.69, 9.17) is 4.42 Å². The average Bonchev–Trinajstić information content (AvgIpc) is 3.46. The summed E-state index contributed by atoms with van der Waals surface area (Å²) in [4.78, 5) is 4.69. The van der Waals surface area contributed by atoms with Crippen molar-refractivity contribution in [2.24, 2.45) is 0 Å². The van der Waals surface area contributed by atoms with Crippen LogP contribution in [0, 0.1) is 11.6 Å². The number of halogens is 2. The minimum Gasteiger partial charge on any atom is -0.463 e. The minimum absolute atomic E-state index is 0.321. The minimum atomic E-state index is -0.408. The number of furan rings is 1. The van der Waals surface area contributed by atoms with E-state index in [9.17, 15) is 4.39 Å². The summed E-state index contributed by atoms with van der Waals surface area (Å²) in [5, 5.41) is 4.53. The van der Waals surface area contributed by atoms with Gasteiger partial charge in [-0.3, -0.25) is 4.90 Å². The van der Waals surface area contributed by atoms with Crippen molar-refractivity contribution in [3.8, 4) is 28.3 Å². The highest BCUT2D eigenvalue weighted by Crippen LogP contribution is 2.31. The molecule has 7 heteroatoms. The second-order valence-electron chi connectivity index (χ2n) is 8.16. The Morgan fingerprint density at radius 1 is 0.938 bits per heavy atom. The van der Waals surface area contributed by atoms with E-state index in [0.717, 1.165) is 49.5 Å². The second kappa shape index (κ2) is 8.68. The van der Waals surface area contributed by atoms with Crippen LogP contribution in [0.4, 0.5) is 8.78 Å². The summed E-state index contributed by atoms with van der Waals surface area (Å²) in [6.07, 6.45) is 3.41. The molecule has 0 amide bonds. The molecule has 1 aliphatic heterocycles. The molecule has 4 aromatic rings. The van der Waals surface area contributed by atoms with Crippen molar-refractivity contribution in [3.05, 3.63) is 84.3 Å². The lowest BCUT2D eigenvalue weighted by Gasteiger charge is -2.32. The molecule has 0 unspecified atom stereocenters. The van der Waals surface area contributed by atoms with Crippen molar-refractivity contribution < 1.29 is 13.2 Å². The Morgan fingerprint density at radius 3 is 2.38 bits per heavy atom. The Kier molecular flexibility index (Phi) is 5.59. The Hall–Kier alpha value is -3.29. The van der Waals surface area contributed by atoms with Gasteiger partial charge in [-0.15, -0.1) is 0 Å². The predicted octanol–water partition coefficient (Wildman–Crippen LogP) is 4.82. The highest BCUT2D eigenvalue weighted by molar-refractivity contribution is 5.66. The van der Waals surface area contributed by atoms with Crippen LogP contribution in [0.5, 0.6) is 0 Å². The van der Waals surface area contributed by atoms with E-state index in [2.05, 4.69) is 21.9 Å². The molecule has 5 rings (SSSR count). The Bertz CT molecular complexity index is 1190. The SMILES string of the molecule is CN1CCN(Cc2cnn(-c3ccc(-c4ccc(F)cc4)cc3F)c2-c2ccco2)CC1. The van der Waals surface area contributed by atoms with Crippen LogP contribution in [-0.2, 0) is 6.54 Å². The fourth-order valence-electron chi connectivity index (χ4n) is 4.10. The summed E-state index contributed by atoms with van der Waals surface area (Å²) in [5.74, 6) is -0.0825. The molecular formula is C25H24F2N4O. The third kappa shape index (κ3) is 4.09. The number of benzene rings is 2. The Labute approximate surface area is 185 Å². The van der Waals surface area contributed by atoms with Crippen molar-refractivity contribution in [2.75, 3.05) is 33.2 Å². The van der Waals surface area contributed by atoms with Gasteiger partial charge in [0.1, 0.15) is 23.0 Å². The first-order chi connectivity index (χ1) is 15.6. The first kappa shape index (κ1) is 20.6. The van der Waals surface area contributed by atoms with Crippen LogP contribution >= 0.6 is 0 Å². The van der Waals surface area contributed by atoms with E-state index in [1.165, 1.54) is 18.2 Å². The van der Waals surface area contributed by atoms with E-state index in [1.807, 2.05) is 18.2 Å². The maximum absolute atomic E-state index is 15.3. The first-order valence-corrected chi connectivity index (χ1v) is 10.7. The van der Waals surface area contributed by atoms with Gasteiger partial charge in [-0.05, 0) is 54.6 Å². The van der Waals surface area contributed by atoms with E-state index in [0.29, 0.717) is 17.0 Å². The predicted molar refractivity (Wildman–Crippen MR) is 119 cm³/mol. The van der Waals surface area contributed by atoms with Gasteiger partial charge in [-0.2, -0.15) is 5.10 Å². The Morgan fingerprint density at radius 2 is 1.69 bits per heavy atom. The summed E-state index contributed by atoms with van der Waals surface area (Å²) in [6.45, 7) is 4.70. The summed E-state index contributed by atoms with van der Waals surface area (Å²) in [5.41, 5.74) is 3.51. The molecule has 1 aliphatic rings. The molecule has 3 heterocycles. The van der Waals surface area contributed by atoms with Crippen molar-refractivity contribution >= 4 is 0 Å². The molecular weight excluding hydrogens is 410 g/mol. The number of hydrogen-bond donors (Lipinski definition) is 0. The van der Waals surface area contributed by atoms with Crippen LogP contribution in [-0.4, -0.2) is 52.8 Å². The van der Waals surface area contributed by atoms with Crippen LogP contribution in [0.1, 0.15) is 5.56 Å². The fourth-order valence-corrected chi connectivity index (χ4v) is 4.10. The number of rotatable bonds is 5. The maximum Gasteiger partial charge on any atom is 0.152 e. The van der Waals surface area contributed by atoms with Gasteiger partial charge in [-0.1, -0.05) is 18.2 Å². The lowest BCUT2D eigenvalue weighted by Crippen LogP contribution is -2.43. The van der Waals surface area contributed by atoms with Gasteiger partial charge in [-0.25, -0.2) is 13.5 Å². The van der Waals surface area contributed by atoms with E-state index >= 15 is 4.39 Å². The van der Waals surface area contributed by atoms with Crippen LogP contribution in [0.2, 0.25) is 0 Å². The number of nitrogens with zero attached hydrogens (tertiary/aromatic N) is 4. The number of piperazine rings is 1. The molecule has 164 valence electrons. The van der Waals surface area contributed by atoms with Gasteiger partial charge >= 0.3 is 0 Å². The molecule has 0 N–H and O–H groups in total. The van der Waals surface area contributed by atoms with Crippen molar-refractivity contribution in [3.63, 3.8) is 0 Å². The third-order valence-electron chi connectivity index (χ3n) is 5.94. The molecule has 0 bridgehead atoms. The zero-order valence-electron chi connectivity index (χ0n) is 17.8. The van der Waals surface area contributed by atoms with E-state index in [1.54, 1.807) is 35.3 Å². The zero-order chi connectivity index (χ0) is 22.1. The average molecular weight is 434 g/mol. The molecule has 2 aromatic carbocycles. The Balaban J connectivity index is 1.50.